The van der Waals surface area contributed by atoms with Crippen LogP contribution in [0.2, 0.25) is 0 Å². The van der Waals surface area contributed by atoms with Crippen LogP contribution in [-0.4, -0.2) is 13.6 Å². The minimum atomic E-state index is -3.94. The van der Waals surface area contributed by atoms with Crippen LogP contribution in [-0.2, 0) is 15.4 Å². The topological polar surface area (TPSA) is 109 Å². The van der Waals surface area contributed by atoms with E-state index in [0.29, 0.717) is 5.69 Å². The monoisotopic (exact) mass is 295 g/mol. The van der Waals surface area contributed by atoms with Gasteiger partial charge in [-0.15, -0.1) is 0 Å². The summed E-state index contributed by atoms with van der Waals surface area (Å²) in [6.45, 7) is 5.78. The summed E-state index contributed by atoms with van der Waals surface area (Å²) in [6.07, 6.45) is 0. The van der Waals surface area contributed by atoms with Crippen molar-refractivity contribution in [1.82, 2.24) is 5.16 Å². The molecular weight excluding hydrogens is 282 g/mol. The Kier molecular flexibility index (Phi) is 3.31. The van der Waals surface area contributed by atoms with Gasteiger partial charge in [-0.1, -0.05) is 25.9 Å². The predicted molar refractivity (Wildman–Crippen MR) is 69.4 cm³/mol. The van der Waals surface area contributed by atoms with Crippen molar-refractivity contribution >= 4 is 15.9 Å². The van der Waals surface area contributed by atoms with Crippen molar-refractivity contribution in [1.29, 1.82) is 5.26 Å². The Balaban J connectivity index is 2.25. The van der Waals surface area contributed by atoms with E-state index in [-0.39, 0.29) is 22.2 Å². The largest absolute Gasteiger partial charge is 0.432 e. The van der Waals surface area contributed by atoms with Gasteiger partial charge in [0, 0.05) is 11.5 Å². The van der Waals surface area contributed by atoms with Crippen LogP contribution in [0.3, 0.4) is 0 Å². The number of nitriles is 1. The first-order chi connectivity index (χ1) is 9.22. The lowest BCUT2D eigenvalue weighted by Crippen LogP contribution is -2.12. The summed E-state index contributed by atoms with van der Waals surface area (Å²) in [5, 5.41) is 12.1. The zero-order valence-corrected chi connectivity index (χ0v) is 12.0. The number of sulfonamides is 1. The van der Waals surface area contributed by atoms with Gasteiger partial charge in [0.05, 0.1) is 5.69 Å². The van der Waals surface area contributed by atoms with E-state index in [1.807, 2.05) is 20.8 Å². The number of hydrogen-bond donors (Lipinski definition) is 1. The molecule has 2 aromatic rings. The second-order valence-electron chi connectivity index (χ2n) is 5.16. The molecule has 8 heteroatoms. The van der Waals surface area contributed by atoms with Crippen LogP contribution in [0.1, 0.15) is 32.2 Å². The Morgan fingerprint density at radius 1 is 1.35 bits per heavy atom. The second-order valence-corrected chi connectivity index (χ2v) is 6.78. The van der Waals surface area contributed by atoms with Crippen molar-refractivity contribution in [2.45, 2.75) is 31.3 Å². The van der Waals surface area contributed by atoms with Crippen LogP contribution in [0.4, 0.5) is 5.88 Å². The first-order valence-corrected chi connectivity index (χ1v) is 7.20. The Morgan fingerprint density at radius 3 is 2.55 bits per heavy atom. The minimum absolute atomic E-state index is 0.00941. The molecule has 0 fully saturated rings. The average Bonchev–Trinajstić information content (AvgIpc) is 2.95. The van der Waals surface area contributed by atoms with E-state index in [0.717, 1.165) is 0 Å². The van der Waals surface area contributed by atoms with Crippen LogP contribution in [0.25, 0.3) is 0 Å². The van der Waals surface area contributed by atoms with Crippen LogP contribution in [0.15, 0.2) is 32.2 Å². The molecule has 7 nitrogen and oxygen atoms in total. The van der Waals surface area contributed by atoms with Gasteiger partial charge in [0.2, 0.25) is 16.7 Å². The SMILES string of the molecule is CC(C)(C)c1cc(NS(=O)(=O)c2ccc(C#N)o2)on1. The molecule has 2 aromatic heterocycles. The fourth-order valence-corrected chi connectivity index (χ4v) is 2.29. The van der Waals surface area contributed by atoms with Crippen LogP contribution >= 0.6 is 0 Å². The molecule has 0 atom stereocenters. The highest BCUT2D eigenvalue weighted by Crippen LogP contribution is 2.25. The normalized spacial score (nSPS) is 12.1. The van der Waals surface area contributed by atoms with E-state index in [2.05, 4.69) is 9.88 Å². The predicted octanol–water partition coefficient (Wildman–Crippen LogP) is 2.24. The summed E-state index contributed by atoms with van der Waals surface area (Å²) >= 11 is 0. The van der Waals surface area contributed by atoms with Gasteiger partial charge in [-0.25, -0.2) is 4.72 Å². The lowest BCUT2D eigenvalue weighted by molar-refractivity contribution is 0.404. The molecule has 0 saturated heterocycles. The van der Waals surface area contributed by atoms with Crippen LogP contribution < -0.4 is 4.72 Å². The summed E-state index contributed by atoms with van der Waals surface area (Å²) in [5.41, 5.74) is 0.360. The molecule has 0 aliphatic heterocycles. The molecular formula is C12H13N3O4S. The van der Waals surface area contributed by atoms with Gasteiger partial charge < -0.3 is 8.94 Å². The summed E-state index contributed by atoms with van der Waals surface area (Å²) in [5.74, 6) is -0.0943. The maximum atomic E-state index is 12.0. The molecule has 1 N–H and O–H groups in total. The fraction of sp³-hybridized carbons (Fsp3) is 0.333. The third kappa shape index (κ3) is 2.83. The van der Waals surface area contributed by atoms with Gasteiger partial charge in [-0.3, -0.25) is 0 Å². The molecule has 0 aliphatic rings. The van der Waals surface area contributed by atoms with Gasteiger partial charge in [0.15, 0.2) is 0 Å². The maximum Gasteiger partial charge on any atom is 0.297 e. The van der Waals surface area contributed by atoms with E-state index in [9.17, 15) is 8.42 Å². The third-order valence-electron chi connectivity index (χ3n) is 2.47. The summed E-state index contributed by atoms with van der Waals surface area (Å²) in [7, 11) is -3.94. The Bertz CT molecular complexity index is 759. The van der Waals surface area contributed by atoms with Gasteiger partial charge in [-0.2, -0.15) is 13.7 Å². The lowest BCUT2D eigenvalue weighted by atomic mass is 9.92. The number of nitrogens with zero attached hydrogens (tertiary/aromatic N) is 2. The highest BCUT2D eigenvalue weighted by molar-refractivity contribution is 7.92. The standard InChI is InChI=1S/C12H13N3O4S/c1-12(2,3)9-6-10(19-14-9)15-20(16,17)11-5-4-8(7-13)18-11/h4-6,15H,1-3H3. The smallest absolute Gasteiger partial charge is 0.297 e. The number of rotatable bonds is 3. The molecule has 20 heavy (non-hydrogen) atoms. The molecule has 106 valence electrons. The minimum Gasteiger partial charge on any atom is -0.432 e. The highest BCUT2D eigenvalue weighted by atomic mass is 32.2. The number of hydrogen-bond acceptors (Lipinski definition) is 6. The average molecular weight is 295 g/mol. The third-order valence-corrected chi connectivity index (χ3v) is 3.69. The number of furan rings is 1. The molecule has 2 heterocycles. The molecule has 0 spiro atoms. The van der Waals surface area contributed by atoms with Crippen molar-refractivity contribution in [3.05, 3.63) is 29.7 Å². The van der Waals surface area contributed by atoms with Gasteiger partial charge in [0.1, 0.15) is 6.07 Å². The Hall–Kier alpha value is -2.27. The van der Waals surface area contributed by atoms with Crippen molar-refractivity contribution < 1.29 is 17.4 Å². The summed E-state index contributed by atoms with van der Waals surface area (Å²) in [6, 6.07) is 5.69. The van der Waals surface area contributed by atoms with Crippen LogP contribution in [0, 0.1) is 11.3 Å². The quantitative estimate of drug-likeness (QED) is 0.929. The van der Waals surface area contributed by atoms with E-state index in [1.54, 1.807) is 6.07 Å². The van der Waals surface area contributed by atoms with Crippen molar-refractivity contribution in [2.75, 3.05) is 4.72 Å². The molecule has 0 amide bonds. The number of nitrogens with one attached hydrogen (secondary N) is 1. The fourth-order valence-electron chi connectivity index (χ4n) is 1.38. The molecule has 0 aliphatic carbocycles. The van der Waals surface area contributed by atoms with E-state index < -0.39 is 10.0 Å². The number of anilines is 1. The molecule has 0 bridgehead atoms. The van der Waals surface area contributed by atoms with Gasteiger partial charge >= 0.3 is 0 Å². The van der Waals surface area contributed by atoms with Crippen molar-refractivity contribution in [3.63, 3.8) is 0 Å². The zero-order chi connectivity index (χ0) is 15.0. The Labute approximate surface area is 116 Å². The first-order valence-electron chi connectivity index (χ1n) is 5.72. The van der Waals surface area contributed by atoms with Crippen LogP contribution in [0.5, 0.6) is 0 Å². The van der Waals surface area contributed by atoms with E-state index >= 15 is 0 Å². The Morgan fingerprint density at radius 2 is 2.05 bits per heavy atom. The maximum absolute atomic E-state index is 12.0. The molecule has 0 aromatic carbocycles. The van der Waals surface area contributed by atoms with Crippen molar-refractivity contribution in [2.24, 2.45) is 0 Å². The second kappa shape index (κ2) is 4.68. The summed E-state index contributed by atoms with van der Waals surface area (Å²) < 4.78 is 36.0. The van der Waals surface area contributed by atoms with E-state index in [4.69, 9.17) is 14.2 Å². The number of aromatic nitrogens is 1. The first kappa shape index (κ1) is 14.1. The molecule has 0 saturated carbocycles. The lowest BCUT2D eigenvalue weighted by Gasteiger charge is -2.12. The summed E-state index contributed by atoms with van der Waals surface area (Å²) in [4.78, 5) is 0. The molecule has 0 unspecified atom stereocenters. The molecule has 2 rings (SSSR count). The molecule has 0 radical (unpaired) electrons. The van der Waals surface area contributed by atoms with E-state index in [1.165, 1.54) is 18.2 Å². The van der Waals surface area contributed by atoms with Gasteiger partial charge in [-0.05, 0) is 12.1 Å². The van der Waals surface area contributed by atoms with Crippen molar-refractivity contribution in [3.8, 4) is 6.07 Å². The van der Waals surface area contributed by atoms with Gasteiger partial charge in [0.25, 0.3) is 10.0 Å². The highest BCUT2D eigenvalue weighted by Gasteiger charge is 2.24. The zero-order valence-electron chi connectivity index (χ0n) is 11.2.